The lowest BCUT2D eigenvalue weighted by atomic mass is 9.95. The van der Waals surface area contributed by atoms with Gasteiger partial charge in [0.05, 0.1) is 0 Å². The van der Waals surface area contributed by atoms with Crippen LogP contribution in [0.5, 0.6) is 0 Å². The van der Waals surface area contributed by atoms with Crippen LogP contribution in [0, 0.1) is 5.92 Å². The molecule has 1 atom stereocenters. The van der Waals surface area contributed by atoms with Crippen LogP contribution in [0.2, 0.25) is 5.02 Å². The molecule has 0 spiro atoms. The Bertz CT molecular complexity index is 546. The molecule has 0 aliphatic rings. The summed E-state index contributed by atoms with van der Waals surface area (Å²) < 4.78 is 0. The van der Waals surface area contributed by atoms with Crippen molar-refractivity contribution in [2.75, 3.05) is 7.05 Å². The number of hydrogen-bond donors (Lipinski definition) is 1. The van der Waals surface area contributed by atoms with Gasteiger partial charge in [0.2, 0.25) is 0 Å². The first-order valence-corrected chi connectivity index (χ1v) is 7.50. The van der Waals surface area contributed by atoms with E-state index in [1.165, 1.54) is 11.1 Å². The summed E-state index contributed by atoms with van der Waals surface area (Å²) in [6, 6.07) is 17.2. The van der Waals surface area contributed by atoms with E-state index in [0.717, 1.165) is 17.0 Å². The molecule has 0 fully saturated rings. The zero-order valence-electron chi connectivity index (χ0n) is 12.4. The predicted molar refractivity (Wildman–Crippen MR) is 88.3 cm³/mol. The van der Waals surface area contributed by atoms with Gasteiger partial charge in [-0.05, 0) is 36.6 Å². The van der Waals surface area contributed by atoms with Crippen LogP contribution in [-0.4, -0.2) is 13.1 Å². The molecule has 0 saturated carbocycles. The second-order valence-electron chi connectivity index (χ2n) is 5.52. The van der Waals surface area contributed by atoms with Gasteiger partial charge < -0.3 is 5.32 Å². The first-order chi connectivity index (χ1) is 9.61. The number of rotatable bonds is 5. The van der Waals surface area contributed by atoms with Gasteiger partial charge in [-0.3, -0.25) is 0 Å². The van der Waals surface area contributed by atoms with Crippen molar-refractivity contribution >= 4 is 11.6 Å². The second kappa shape index (κ2) is 6.92. The summed E-state index contributed by atoms with van der Waals surface area (Å²) in [5.74, 6) is 0.628. The van der Waals surface area contributed by atoms with Crippen LogP contribution in [0.1, 0.15) is 19.4 Å². The Kier molecular flexibility index (Phi) is 5.22. The Hall–Kier alpha value is -1.31. The van der Waals surface area contributed by atoms with E-state index in [-0.39, 0.29) is 0 Å². The third-order valence-electron chi connectivity index (χ3n) is 3.77. The van der Waals surface area contributed by atoms with Gasteiger partial charge in [-0.1, -0.05) is 67.9 Å². The highest BCUT2D eigenvalue weighted by Crippen LogP contribution is 2.27. The van der Waals surface area contributed by atoms with Gasteiger partial charge in [-0.25, -0.2) is 0 Å². The molecule has 1 nitrogen and oxygen atoms in total. The quantitative estimate of drug-likeness (QED) is 0.833. The fourth-order valence-electron chi connectivity index (χ4n) is 2.44. The Morgan fingerprint density at radius 3 is 2.20 bits per heavy atom. The zero-order chi connectivity index (χ0) is 14.5. The lowest BCUT2D eigenvalue weighted by Gasteiger charge is -2.20. The van der Waals surface area contributed by atoms with E-state index < -0.39 is 0 Å². The molecule has 106 valence electrons. The maximum atomic E-state index is 6.24. The molecule has 1 unspecified atom stereocenters. The van der Waals surface area contributed by atoms with Gasteiger partial charge in [0, 0.05) is 16.6 Å². The maximum Gasteiger partial charge on any atom is 0.0484 e. The number of nitrogens with one attached hydrogen (secondary N) is 1. The minimum atomic E-state index is 0.515. The molecule has 2 aromatic carbocycles. The van der Waals surface area contributed by atoms with Crippen LogP contribution >= 0.6 is 11.6 Å². The highest BCUT2D eigenvalue weighted by atomic mass is 35.5. The van der Waals surface area contributed by atoms with Crippen LogP contribution in [0.4, 0.5) is 0 Å². The maximum absolute atomic E-state index is 6.24. The number of halogens is 1. The molecule has 0 aromatic heterocycles. The van der Waals surface area contributed by atoms with Gasteiger partial charge in [0.25, 0.3) is 0 Å². The van der Waals surface area contributed by atoms with Gasteiger partial charge in [-0.2, -0.15) is 0 Å². The molecule has 0 bridgehead atoms. The molecule has 0 heterocycles. The molecular formula is C18H22ClN. The van der Waals surface area contributed by atoms with E-state index in [4.69, 9.17) is 11.6 Å². The van der Waals surface area contributed by atoms with Crippen molar-refractivity contribution < 1.29 is 0 Å². The van der Waals surface area contributed by atoms with Crippen molar-refractivity contribution in [2.24, 2.45) is 5.92 Å². The predicted octanol–water partition coefficient (Wildman–Crippen LogP) is 4.79. The van der Waals surface area contributed by atoms with Crippen molar-refractivity contribution in [3.05, 3.63) is 59.1 Å². The third-order valence-corrected chi connectivity index (χ3v) is 4.10. The summed E-state index contributed by atoms with van der Waals surface area (Å²) in [5, 5.41) is 4.19. The third kappa shape index (κ3) is 3.62. The molecule has 0 aliphatic heterocycles. The molecular weight excluding hydrogens is 266 g/mol. The monoisotopic (exact) mass is 287 g/mol. The summed E-state index contributed by atoms with van der Waals surface area (Å²) in [4.78, 5) is 0. The van der Waals surface area contributed by atoms with E-state index in [9.17, 15) is 0 Å². The zero-order valence-corrected chi connectivity index (χ0v) is 13.1. The van der Waals surface area contributed by atoms with Crippen molar-refractivity contribution in [3.8, 4) is 11.1 Å². The smallest absolute Gasteiger partial charge is 0.0484 e. The average molecular weight is 288 g/mol. The molecule has 0 aliphatic carbocycles. The number of benzene rings is 2. The summed E-state index contributed by atoms with van der Waals surface area (Å²) in [5.41, 5.74) is 3.62. The van der Waals surface area contributed by atoms with Crippen LogP contribution in [0.15, 0.2) is 48.5 Å². The molecule has 0 amide bonds. The fourth-order valence-corrected chi connectivity index (χ4v) is 2.69. The lowest BCUT2D eigenvalue weighted by molar-refractivity contribution is 0.424. The first-order valence-electron chi connectivity index (χ1n) is 7.13. The van der Waals surface area contributed by atoms with Crippen molar-refractivity contribution in [1.82, 2.24) is 5.32 Å². The van der Waals surface area contributed by atoms with Crippen molar-refractivity contribution in [3.63, 3.8) is 0 Å². The van der Waals surface area contributed by atoms with Crippen LogP contribution in [0.3, 0.4) is 0 Å². The van der Waals surface area contributed by atoms with Gasteiger partial charge >= 0.3 is 0 Å². The lowest BCUT2D eigenvalue weighted by Crippen LogP contribution is -2.32. The van der Waals surface area contributed by atoms with E-state index in [1.54, 1.807) is 0 Å². The molecule has 0 saturated heterocycles. The Balaban J connectivity index is 2.16. The highest BCUT2D eigenvalue weighted by molar-refractivity contribution is 6.33. The standard InChI is InChI=1S/C18H22ClN/c1-13(2)18(20-3)12-14-8-10-15(11-9-14)16-6-4-5-7-17(16)19/h4-11,13,18,20H,12H2,1-3H3. The molecule has 2 heteroatoms. The Morgan fingerprint density at radius 2 is 1.65 bits per heavy atom. The normalized spacial score (nSPS) is 12.7. The molecule has 20 heavy (non-hydrogen) atoms. The Morgan fingerprint density at radius 1 is 1.00 bits per heavy atom. The Labute approximate surface area is 127 Å². The SMILES string of the molecule is CNC(Cc1ccc(-c2ccccc2Cl)cc1)C(C)C. The summed E-state index contributed by atoms with van der Waals surface area (Å²) in [6.45, 7) is 4.50. The molecule has 1 N–H and O–H groups in total. The molecule has 2 rings (SSSR count). The first kappa shape index (κ1) is 15.1. The van der Waals surface area contributed by atoms with E-state index in [0.29, 0.717) is 12.0 Å². The molecule has 2 aromatic rings. The highest BCUT2D eigenvalue weighted by Gasteiger charge is 2.11. The largest absolute Gasteiger partial charge is 0.316 e. The van der Waals surface area contributed by atoms with Crippen LogP contribution < -0.4 is 5.32 Å². The topological polar surface area (TPSA) is 12.0 Å². The van der Waals surface area contributed by atoms with Crippen molar-refractivity contribution in [1.29, 1.82) is 0 Å². The van der Waals surface area contributed by atoms with Gasteiger partial charge in [0.15, 0.2) is 0 Å². The summed E-state index contributed by atoms with van der Waals surface area (Å²) in [7, 11) is 2.03. The van der Waals surface area contributed by atoms with E-state index in [2.05, 4.69) is 49.5 Å². The minimum absolute atomic E-state index is 0.515. The fraction of sp³-hybridized carbons (Fsp3) is 0.333. The van der Waals surface area contributed by atoms with Crippen LogP contribution in [0.25, 0.3) is 11.1 Å². The number of hydrogen-bond acceptors (Lipinski definition) is 1. The van der Waals surface area contributed by atoms with Crippen molar-refractivity contribution in [2.45, 2.75) is 26.3 Å². The second-order valence-corrected chi connectivity index (χ2v) is 5.93. The van der Waals surface area contributed by atoms with Gasteiger partial charge in [-0.15, -0.1) is 0 Å². The minimum Gasteiger partial charge on any atom is -0.316 e. The molecule has 0 radical (unpaired) electrons. The average Bonchev–Trinajstić information content (AvgIpc) is 2.46. The van der Waals surface area contributed by atoms with E-state index >= 15 is 0 Å². The van der Waals surface area contributed by atoms with Gasteiger partial charge in [0.1, 0.15) is 0 Å². The summed E-state index contributed by atoms with van der Waals surface area (Å²) >= 11 is 6.24. The number of likely N-dealkylation sites (N-methyl/N-ethyl adjacent to an activating group) is 1. The summed E-state index contributed by atoms with van der Waals surface area (Å²) in [6.07, 6.45) is 1.05. The van der Waals surface area contributed by atoms with Crippen LogP contribution in [-0.2, 0) is 6.42 Å². The van der Waals surface area contributed by atoms with E-state index in [1.807, 2.05) is 25.2 Å².